The molecule has 0 spiro atoms. The largest absolute Gasteiger partial charge is 0.508 e. The van der Waals surface area contributed by atoms with E-state index in [0.29, 0.717) is 18.2 Å². The van der Waals surface area contributed by atoms with Gasteiger partial charge in [0.05, 0.1) is 6.42 Å². The van der Waals surface area contributed by atoms with Crippen molar-refractivity contribution in [3.63, 3.8) is 0 Å². The maximum Gasteiger partial charge on any atom is 0.231 e. The molecule has 1 saturated heterocycles. The number of aromatic nitrogens is 2. The second-order valence-electron chi connectivity index (χ2n) is 4.92. The normalized spacial score (nSPS) is 16.6. The van der Waals surface area contributed by atoms with Crippen molar-refractivity contribution in [3.8, 4) is 5.75 Å². The second-order valence-corrected chi connectivity index (χ2v) is 4.92. The fourth-order valence-corrected chi connectivity index (χ4v) is 2.43. The second kappa shape index (κ2) is 5.40. The minimum Gasteiger partial charge on any atom is -0.508 e. The summed E-state index contributed by atoms with van der Waals surface area (Å²) in [7, 11) is 0. The molecule has 100 valence electrons. The lowest BCUT2D eigenvalue weighted by Crippen LogP contribution is -2.27. The number of nitrogens with zero attached hydrogens (tertiary/aromatic N) is 2. The van der Waals surface area contributed by atoms with Crippen molar-refractivity contribution in [2.75, 3.05) is 13.1 Å². The molecule has 0 radical (unpaired) electrons. The molecule has 0 aliphatic carbocycles. The number of nitrogens with one attached hydrogen (secondary N) is 1. The van der Waals surface area contributed by atoms with Gasteiger partial charge in [-0.1, -0.05) is 17.3 Å². The predicted octanol–water partition coefficient (Wildman–Crippen LogP) is 1.83. The summed E-state index contributed by atoms with van der Waals surface area (Å²) in [5.41, 5.74) is 0.973. The number of phenols is 1. The molecule has 3 rings (SSSR count). The van der Waals surface area contributed by atoms with Gasteiger partial charge in [0, 0.05) is 5.92 Å². The Hall–Kier alpha value is -1.88. The molecule has 1 aromatic heterocycles. The third-order valence-electron chi connectivity index (χ3n) is 3.45. The molecular weight excluding hydrogens is 242 g/mol. The Morgan fingerprint density at radius 2 is 2.16 bits per heavy atom. The van der Waals surface area contributed by atoms with Gasteiger partial charge in [0.25, 0.3) is 0 Å². The van der Waals surface area contributed by atoms with Crippen LogP contribution in [0.15, 0.2) is 28.8 Å². The van der Waals surface area contributed by atoms with Crippen LogP contribution in [-0.4, -0.2) is 28.3 Å². The molecule has 2 aromatic rings. The Kier molecular flexibility index (Phi) is 3.46. The molecule has 1 aliphatic heterocycles. The first-order valence-corrected chi connectivity index (χ1v) is 6.62. The maximum absolute atomic E-state index is 9.43. The zero-order chi connectivity index (χ0) is 13.1. The van der Waals surface area contributed by atoms with E-state index in [2.05, 4.69) is 15.5 Å². The molecule has 5 nitrogen and oxygen atoms in total. The number of aromatic hydroxyl groups is 1. The highest BCUT2D eigenvalue weighted by Crippen LogP contribution is 2.23. The van der Waals surface area contributed by atoms with Crippen LogP contribution in [0.5, 0.6) is 5.75 Å². The topological polar surface area (TPSA) is 71.2 Å². The average Bonchev–Trinajstić information content (AvgIpc) is 2.88. The number of hydrogen-bond donors (Lipinski definition) is 2. The van der Waals surface area contributed by atoms with E-state index in [0.717, 1.165) is 37.3 Å². The number of rotatable bonds is 3. The maximum atomic E-state index is 9.43. The Labute approximate surface area is 111 Å². The molecule has 2 N–H and O–H groups in total. The van der Waals surface area contributed by atoms with Crippen molar-refractivity contribution in [2.24, 2.45) is 0 Å². The summed E-state index contributed by atoms with van der Waals surface area (Å²) in [6.45, 7) is 2.03. The summed E-state index contributed by atoms with van der Waals surface area (Å²) in [6.07, 6.45) is 2.68. The first-order valence-electron chi connectivity index (χ1n) is 6.62. The third-order valence-corrected chi connectivity index (χ3v) is 3.45. The van der Waals surface area contributed by atoms with Gasteiger partial charge in [-0.25, -0.2) is 0 Å². The van der Waals surface area contributed by atoms with E-state index in [1.54, 1.807) is 12.1 Å². The first-order chi connectivity index (χ1) is 9.31. The Bertz CT molecular complexity index is 547. The van der Waals surface area contributed by atoms with Gasteiger partial charge in [-0.15, -0.1) is 0 Å². The molecule has 0 atom stereocenters. The van der Waals surface area contributed by atoms with Gasteiger partial charge in [0.2, 0.25) is 5.89 Å². The van der Waals surface area contributed by atoms with Gasteiger partial charge in [0.15, 0.2) is 5.82 Å². The van der Waals surface area contributed by atoms with Crippen LogP contribution in [0, 0.1) is 0 Å². The van der Waals surface area contributed by atoms with Crippen LogP contribution in [0.4, 0.5) is 0 Å². The number of phenolic OH excluding ortho intramolecular Hbond substituents is 1. The van der Waals surface area contributed by atoms with E-state index in [4.69, 9.17) is 4.52 Å². The highest BCUT2D eigenvalue weighted by Gasteiger charge is 2.20. The average molecular weight is 259 g/mol. The summed E-state index contributed by atoms with van der Waals surface area (Å²) in [4.78, 5) is 4.47. The smallest absolute Gasteiger partial charge is 0.231 e. The molecule has 1 fully saturated rings. The molecule has 0 bridgehead atoms. The van der Waals surface area contributed by atoms with Crippen LogP contribution in [0.25, 0.3) is 0 Å². The van der Waals surface area contributed by atoms with Crippen molar-refractivity contribution >= 4 is 0 Å². The lowest BCUT2D eigenvalue weighted by molar-refractivity contribution is 0.365. The SMILES string of the molecule is Oc1cccc(Cc2nc(C3CCNCC3)no2)c1. The summed E-state index contributed by atoms with van der Waals surface area (Å²) in [6, 6.07) is 7.12. The van der Waals surface area contributed by atoms with Crippen LogP contribution in [-0.2, 0) is 6.42 Å². The molecular formula is C14H17N3O2. The van der Waals surface area contributed by atoms with Crippen molar-refractivity contribution in [1.29, 1.82) is 0 Å². The van der Waals surface area contributed by atoms with Crippen molar-refractivity contribution in [3.05, 3.63) is 41.5 Å². The molecule has 5 heteroatoms. The number of piperidine rings is 1. The van der Waals surface area contributed by atoms with Gasteiger partial charge in [-0.2, -0.15) is 4.98 Å². The van der Waals surface area contributed by atoms with Crippen LogP contribution >= 0.6 is 0 Å². The fraction of sp³-hybridized carbons (Fsp3) is 0.429. The minimum absolute atomic E-state index is 0.260. The van der Waals surface area contributed by atoms with E-state index in [-0.39, 0.29) is 5.75 Å². The first kappa shape index (κ1) is 12.2. The predicted molar refractivity (Wildman–Crippen MR) is 70.1 cm³/mol. The zero-order valence-corrected chi connectivity index (χ0v) is 10.7. The highest BCUT2D eigenvalue weighted by molar-refractivity contribution is 5.28. The van der Waals surface area contributed by atoms with E-state index in [9.17, 15) is 5.11 Å². The van der Waals surface area contributed by atoms with Gasteiger partial charge >= 0.3 is 0 Å². The molecule has 2 heterocycles. The standard InChI is InChI=1S/C14H17N3O2/c18-12-3-1-2-10(8-12)9-13-16-14(17-19-13)11-4-6-15-7-5-11/h1-3,8,11,15,18H,4-7,9H2. The molecule has 1 aliphatic rings. The quantitative estimate of drug-likeness (QED) is 0.880. The van der Waals surface area contributed by atoms with Crippen molar-refractivity contribution < 1.29 is 9.63 Å². The van der Waals surface area contributed by atoms with E-state index >= 15 is 0 Å². The summed E-state index contributed by atoms with van der Waals surface area (Å²) >= 11 is 0. The van der Waals surface area contributed by atoms with Crippen molar-refractivity contribution in [1.82, 2.24) is 15.5 Å². The van der Waals surface area contributed by atoms with Gasteiger partial charge in [-0.3, -0.25) is 0 Å². The summed E-state index contributed by atoms with van der Waals surface area (Å²) < 4.78 is 5.30. The Morgan fingerprint density at radius 1 is 1.32 bits per heavy atom. The molecule has 1 aromatic carbocycles. The lowest BCUT2D eigenvalue weighted by Gasteiger charge is -2.18. The Balaban J connectivity index is 1.70. The van der Waals surface area contributed by atoms with Crippen LogP contribution < -0.4 is 5.32 Å². The summed E-state index contributed by atoms with van der Waals surface area (Å²) in [5, 5.41) is 16.8. The van der Waals surface area contributed by atoms with Crippen LogP contribution in [0.3, 0.4) is 0 Å². The van der Waals surface area contributed by atoms with Gasteiger partial charge in [0.1, 0.15) is 5.75 Å². The van der Waals surface area contributed by atoms with E-state index in [1.807, 2.05) is 12.1 Å². The lowest BCUT2D eigenvalue weighted by atomic mass is 9.98. The van der Waals surface area contributed by atoms with E-state index in [1.165, 1.54) is 0 Å². The number of hydrogen-bond acceptors (Lipinski definition) is 5. The van der Waals surface area contributed by atoms with E-state index < -0.39 is 0 Å². The monoisotopic (exact) mass is 259 g/mol. The van der Waals surface area contributed by atoms with Crippen molar-refractivity contribution in [2.45, 2.75) is 25.2 Å². The Morgan fingerprint density at radius 3 is 2.95 bits per heavy atom. The molecule has 0 unspecified atom stereocenters. The van der Waals surface area contributed by atoms with Gasteiger partial charge in [-0.05, 0) is 43.6 Å². The zero-order valence-electron chi connectivity index (χ0n) is 10.7. The molecule has 0 amide bonds. The van der Waals surface area contributed by atoms with Crippen LogP contribution in [0.1, 0.15) is 36.0 Å². The van der Waals surface area contributed by atoms with Gasteiger partial charge < -0.3 is 14.9 Å². The fourth-order valence-electron chi connectivity index (χ4n) is 2.43. The summed E-state index contributed by atoms with van der Waals surface area (Å²) in [5.74, 6) is 2.09. The molecule has 0 saturated carbocycles. The minimum atomic E-state index is 0.260. The number of benzene rings is 1. The van der Waals surface area contributed by atoms with Crippen LogP contribution in [0.2, 0.25) is 0 Å². The molecule has 19 heavy (non-hydrogen) atoms. The highest BCUT2D eigenvalue weighted by atomic mass is 16.5. The third kappa shape index (κ3) is 2.93.